The van der Waals surface area contributed by atoms with Crippen molar-refractivity contribution in [1.29, 1.82) is 0 Å². The Morgan fingerprint density at radius 3 is 3.20 bits per heavy atom. The zero-order valence-corrected chi connectivity index (χ0v) is 11.1. The van der Waals surface area contributed by atoms with E-state index in [1.54, 1.807) is 6.20 Å². The molecule has 3 rings (SSSR count). The summed E-state index contributed by atoms with van der Waals surface area (Å²) >= 11 is 0. The Morgan fingerprint density at radius 2 is 2.35 bits per heavy atom. The SMILES string of the molecule is NCCCNC(=O)c1[nH]nc2c1CCc1cnccc1-2. The number of amides is 1. The van der Waals surface area contributed by atoms with Crippen LogP contribution in [0, 0.1) is 0 Å². The lowest BCUT2D eigenvalue weighted by atomic mass is 9.90. The van der Waals surface area contributed by atoms with Gasteiger partial charge in [0.05, 0.1) is 5.69 Å². The minimum Gasteiger partial charge on any atom is -0.351 e. The third kappa shape index (κ3) is 2.18. The van der Waals surface area contributed by atoms with E-state index in [9.17, 15) is 4.79 Å². The topological polar surface area (TPSA) is 96.7 Å². The summed E-state index contributed by atoms with van der Waals surface area (Å²) in [6, 6.07) is 1.95. The van der Waals surface area contributed by atoms with Gasteiger partial charge in [-0.05, 0) is 37.4 Å². The van der Waals surface area contributed by atoms with E-state index in [1.807, 2.05) is 12.3 Å². The highest BCUT2D eigenvalue weighted by atomic mass is 16.1. The number of hydrogen-bond donors (Lipinski definition) is 3. The predicted octanol–water partition coefficient (Wildman–Crippen LogP) is 0.649. The summed E-state index contributed by atoms with van der Waals surface area (Å²) in [5, 5.41) is 10.0. The van der Waals surface area contributed by atoms with Gasteiger partial charge in [-0.2, -0.15) is 5.10 Å². The van der Waals surface area contributed by atoms with E-state index in [0.29, 0.717) is 18.8 Å². The summed E-state index contributed by atoms with van der Waals surface area (Å²) in [6.07, 6.45) is 6.09. The molecule has 2 heterocycles. The molecule has 0 unspecified atom stereocenters. The zero-order valence-electron chi connectivity index (χ0n) is 11.1. The van der Waals surface area contributed by atoms with Crippen molar-refractivity contribution in [2.45, 2.75) is 19.3 Å². The maximum atomic E-state index is 12.1. The van der Waals surface area contributed by atoms with Gasteiger partial charge in [-0.1, -0.05) is 0 Å². The first-order valence-corrected chi connectivity index (χ1v) is 6.80. The second-order valence-corrected chi connectivity index (χ2v) is 4.86. The number of nitrogens with zero attached hydrogens (tertiary/aromatic N) is 2. The first kappa shape index (κ1) is 12.8. The number of nitrogens with one attached hydrogen (secondary N) is 2. The molecule has 0 atom stereocenters. The van der Waals surface area contributed by atoms with Gasteiger partial charge in [-0.3, -0.25) is 14.9 Å². The molecule has 20 heavy (non-hydrogen) atoms. The number of aromatic nitrogens is 3. The second kappa shape index (κ2) is 5.42. The van der Waals surface area contributed by atoms with Crippen LogP contribution in [0.4, 0.5) is 0 Å². The number of aromatic amines is 1. The number of hydrogen-bond acceptors (Lipinski definition) is 4. The molecule has 1 amide bonds. The van der Waals surface area contributed by atoms with Crippen LogP contribution in [-0.2, 0) is 12.8 Å². The van der Waals surface area contributed by atoms with Gasteiger partial charge in [0, 0.05) is 30.1 Å². The fourth-order valence-corrected chi connectivity index (χ4v) is 2.53. The van der Waals surface area contributed by atoms with E-state index in [-0.39, 0.29) is 5.91 Å². The van der Waals surface area contributed by atoms with Gasteiger partial charge in [0.15, 0.2) is 0 Å². The Bertz CT molecular complexity index is 634. The van der Waals surface area contributed by atoms with E-state index in [4.69, 9.17) is 5.73 Å². The third-order valence-electron chi connectivity index (χ3n) is 3.56. The molecular weight excluding hydrogens is 254 g/mol. The lowest BCUT2D eigenvalue weighted by Crippen LogP contribution is -2.27. The molecule has 0 bridgehead atoms. The average Bonchev–Trinajstić information content (AvgIpc) is 2.92. The van der Waals surface area contributed by atoms with Crippen molar-refractivity contribution in [3.05, 3.63) is 35.3 Å². The van der Waals surface area contributed by atoms with Crippen LogP contribution in [-0.4, -0.2) is 34.2 Å². The third-order valence-corrected chi connectivity index (χ3v) is 3.56. The van der Waals surface area contributed by atoms with Gasteiger partial charge in [-0.25, -0.2) is 0 Å². The Labute approximate surface area is 116 Å². The Hall–Kier alpha value is -2.21. The Morgan fingerprint density at radius 1 is 1.45 bits per heavy atom. The molecule has 0 aromatic carbocycles. The van der Waals surface area contributed by atoms with Gasteiger partial charge >= 0.3 is 0 Å². The van der Waals surface area contributed by atoms with Crippen molar-refractivity contribution >= 4 is 5.91 Å². The highest BCUT2D eigenvalue weighted by Gasteiger charge is 2.24. The molecule has 0 saturated carbocycles. The molecule has 1 aliphatic carbocycles. The smallest absolute Gasteiger partial charge is 0.269 e. The van der Waals surface area contributed by atoms with Crippen molar-refractivity contribution in [3.63, 3.8) is 0 Å². The number of H-pyrrole nitrogens is 1. The molecule has 1 aliphatic rings. The quantitative estimate of drug-likeness (QED) is 0.711. The number of carbonyl (C=O) groups is 1. The van der Waals surface area contributed by atoms with Gasteiger partial charge in [-0.15, -0.1) is 0 Å². The van der Waals surface area contributed by atoms with Gasteiger partial charge < -0.3 is 11.1 Å². The normalized spacial score (nSPS) is 12.7. The largest absolute Gasteiger partial charge is 0.351 e. The minimum atomic E-state index is -0.107. The Balaban J connectivity index is 1.88. The fraction of sp³-hybridized carbons (Fsp3) is 0.357. The lowest BCUT2D eigenvalue weighted by Gasteiger charge is -2.15. The molecular formula is C14H17N5O. The van der Waals surface area contributed by atoms with Crippen LogP contribution in [0.3, 0.4) is 0 Å². The number of nitrogens with two attached hydrogens (primary N) is 1. The van der Waals surface area contributed by atoms with Crippen LogP contribution in [0.1, 0.15) is 28.0 Å². The molecule has 104 valence electrons. The van der Waals surface area contributed by atoms with Crippen LogP contribution < -0.4 is 11.1 Å². The monoisotopic (exact) mass is 271 g/mol. The van der Waals surface area contributed by atoms with Crippen LogP contribution in [0.15, 0.2) is 18.5 Å². The van der Waals surface area contributed by atoms with Crippen molar-refractivity contribution in [2.24, 2.45) is 5.73 Å². The number of pyridine rings is 1. The van der Waals surface area contributed by atoms with Crippen LogP contribution in [0.2, 0.25) is 0 Å². The van der Waals surface area contributed by atoms with E-state index in [1.165, 1.54) is 5.56 Å². The highest BCUT2D eigenvalue weighted by molar-refractivity contribution is 5.95. The molecule has 0 fully saturated rings. The molecule has 2 aromatic rings. The maximum absolute atomic E-state index is 12.1. The predicted molar refractivity (Wildman–Crippen MR) is 75.2 cm³/mol. The molecule has 0 aliphatic heterocycles. The van der Waals surface area contributed by atoms with Crippen LogP contribution in [0.5, 0.6) is 0 Å². The van der Waals surface area contributed by atoms with E-state index in [0.717, 1.165) is 36.1 Å². The van der Waals surface area contributed by atoms with Crippen molar-refractivity contribution in [2.75, 3.05) is 13.1 Å². The second-order valence-electron chi connectivity index (χ2n) is 4.86. The van der Waals surface area contributed by atoms with E-state index in [2.05, 4.69) is 20.5 Å². The standard InChI is InChI=1S/C14H17N5O/c15-5-1-6-17-14(20)13-11-3-2-9-8-16-7-4-10(9)12(11)18-19-13/h4,7-8H,1-3,5-6,15H2,(H,17,20)(H,18,19). The van der Waals surface area contributed by atoms with Crippen LogP contribution in [0.25, 0.3) is 11.3 Å². The summed E-state index contributed by atoms with van der Waals surface area (Å²) in [5.74, 6) is -0.107. The first-order valence-electron chi connectivity index (χ1n) is 6.80. The molecule has 2 aromatic heterocycles. The molecule has 6 heteroatoms. The Kier molecular flexibility index (Phi) is 3.47. The number of fused-ring (bicyclic) bond motifs is 3. The van der Waals surface area contributed by atoms with Crippen LogP contribution >= 0.6 is 0 Å². The van der Waals surface area contributed by atoms with Gasteiger partial charge in [0.1, 0.15) is 5.69 Å². The minimum absolute atomic E-state index is 0.107. The van der Waals surface area contributed by atoms with E-state index < -0.39 is 0 Å². The van der Waals surface area contributed by atoms with E-state index >= 15 is 0 Å². The summed E-state index contributed by atoms with van der Waals surface area (Å²) in [5.41, 5.74) is 10.1. The number of aryl methyl sites for hydroxylation is 1. The van der Waals surface area contributed by atoms with Gasteiger partial charge in [0.25, 0.3) is 5.91 Å². The van der Waals surface area contributed by atoms with Crippen molar-refractivity contribution < 1.29 is 4.79 Å². The average molecular weight is 271 g/mol. The van der Waals surface area contributed by atoms with Crippen molar-refractivity contribution in [1.82, 2.24) is 20.5 Å². The highest BCUT2D eigenvalue weighted by Crippen LogP contribution is 2.32. The zero-order chi connectivity index (χ0) is 13.9. The molecule has 6 nitrogen and oxygen atoms in total. The molecule has 0 radical (unpaired) electrons. The number of rotatable bonds is 4. The van der Waals surface area contributed by atoms with Crippen molar-refractivity contribution in [3.8, 4) is 11.3 Å². The first-order chi connectivity index (χ1) is 9.81. The number of carbonyl (C=O) groups excluding carboxylic acids is 1. The summed E-state index contributed by atoms with van der Waals surface area (Å²) in [4.78, 5) is 16.3. The van der Waals surface area contributed by atoms with Gasteiger partial charge in [0.2, 0.25) is 0 Å². The fourth-order valence-electron chi connectivity index (χ4n) is 2.53. The summed E-state index contributed by atoms with van der Waals surface area (Å²) in [7, 11) is 0. The summed E-state index contributed by atoms with van der Waals surface area (Å²) in [6.45, 7) is 1.16. The molecule has 0 spiro atoms. The molecule has 4 N–H and O–H groups in total. The maximum Gasteiger partial charge on any atom is 0.269 e. The lowest BCUT2D eigenvalue weighted by molar-refractivity contribution is 0.0947. The molecule has 0 saturated heterocycles. The summed E-state index contributed by atoms with van der Waals surface area (Å²) < 4.78 is 0.